The van der Waals surface area contributed by atoms with Crippen LogP contribution in [0.15, 0.2) is 85.8 Å². The van der Waals surface area contributed by atoms with E-state index in [9.17, 15) is 0 Å². The summed E-state index contributed by atoms with van der Waals surface area (Å²) < 4.78 is 11.2. The van der Waals surface area contributed by atoms with Gasteiger partial charge >= 0.3 is 12.0 Å². The van der Waals surface area contributed by atoms with Crippen LogP contribution in [0.2, 0.25) is 0 Å². The van der Waals surface area contributed by atoms with Crippen LogP contribution in [-0.2, 0) is 0 Å². The number of hydrogen-bond acceptors (Lipinski definition) is 9. The highest BCUT2D eigenvalue weighted by molar-refractivity contribution is 6.01. The van der Waals surface area contributed by atoms with E-state index in [1.807, 2.05) is 80.6 Å². The molecule has 9 nitrogen and oxygen atoms in total. The molecule has 0 aliphatic rings. The largest absolute Gasteiger partial charge is 0.422 e. The Morgan fingerprint density at radius 3 is 1.56 bits per heavy atom. The van der Waals surface area contributed by atoms with Gasteiger partial charge in [-0.05, 0) is 50.2 Å². The fraction of sp³-hybridized carbons (Fsp3) is 0.0870. The normalized spacial score (nSPS) is 12.4. The lowest BCUT2D eigenvalue weighted by Crippen LogP contribution is -2.08. The molecule has 3 aromatic heterocycles. The van der Waals surface area contributed by atoms with Crippen LogP contribution in [0.5, 0.6) is 0 Å². The number of nitrogens with zero attached hydrogens (tertiary/aromatic N) is 5. The van der Waals surface area contributed by atoms with Crippen LogP contribution in [-0.4, -0.2) is 26.4 Å². The van der Waals surface area contributed by atoms with E-state index < -0.39 is 0 Å². The van der Waals surface area contributed by atoms with Crippen molar-refractivity contribution in [2.75, 3.05) is 10.9 Å². The lowest BCUT2D eigenvalue weighted by atomic mass is 10.2. The molecule has 0 bridgehead atoms. The quantitative estimate of drug-likeness (QED) is 0.289. The molecular weight excluding hydrogens is 406 g/mol. The maximum absolute atomic E-state index is 5.62. The SMILES string of the molecule is C/C(=N\Nc1nc2ccccc2o1)c1cccc(/C(C)=N/Nc2nc3ccccc3o2)n1. The predicted octanol–water partition coefficient (Wildman–Crippen LogP) is 5.04. The van der Waals surface area contributed by atoms with Crippen LogP contribution >= 0.6 is 0 Å². The summed E-state index contributed by atoms with van der Waals surface area (Å²) >= 11 is 0. The molecule has 0 fully saturated rings. The Bertz CT molecular complexity index is 1290. The Morgan fingerprint density at radius 2 is 1.09 bits per heavy atom. The highest BCUT2D eigenvalue weighted by Crippen LogP contribution is 2.19. The van der Waals surface area contributed by atoms with Crippen LogP contribution in [0.3, 0.4) is 0 Å². The molecule has 0 unspecified atom stereocenters. The topological polar surface area (TPSA) is 114 Å². The molecule has 5 rings (SSSR count). The zero-order valence-electron chi connectivity index (χ0n) is 17.4. The van der Waals surface area contributed by atoms with E-state index in [-0.39, 0.29) is 0 Å². The van der Waals surface area contributed by atoms with Gasteiger partial charge in [0.2, 0.25) is 0 Å². The van der Waals surface area contributed by atoms with Gasteiger partial charge in [-0.3, -0.25) is 0 Å². The summed E-state index contributed by atoms with van der Waals surface area (Å²) in [4.78, 5) is 13.3. The smallest absolute Gasteiger partial charge is 0.316 e. The molecule has 0 aliphatic carbocycles. The monoisotopic (exact) mass is 425 g/mol. The fourth-order valence-electron chi connectivity index (χ4n) is 3.06. The van der Waals surface area contributed by atoms with E-state index in [1.54, 1.807) is 0 Å². The highest BCUT2D eigenvalue weighted by Gasteiger charge is 2.08. The molecule has 5 aromatic rings. The predicted molar refractivity (Wildman–Crippen MR) is 124 cm³/mol. The Balaban J connectivity index is 1.31. The number of aromatic nitrogens is 3. The first kappa shape index (κ1) is 19.4. The third-order valence-electron chi connectivity index (χ3n) is 4.72. The highest BCUT2D eigenvalue weighted by atomic mass is 16.4. The maximum atomic E-state index is 5.62. The minimum absolute atomic E-state index is 0.321. The Hall–Kier alpha value is -4.53. The van der Waals surface area contributed by atoms with Gasteiger partial charge < -0.3 is 8.83 Å². The average Bonchev–Trinajstić information content (AvgIpc) is 3.44. The first-order valence-electron chi connectivity index (χ1n) is 9.95. The van der Waals surface area contributed by atoms with Crippen molar-refractivity contribution in [2.24, 2.45) is 10.2 Å². The molecule has 0 spiro atoms. The fourth-order valence-corrected chi connectivity index (χ4v) is 3.06. The number of hydrogen-bond donors (Lipinski definition) is 2. The lowest BCUT2D eigenvalue weighted by Gasteiger charge is -2.04. The van der Waals surface area contributed by atoms with Gasteiger partial charge in [-0.2, -0.15) is 20.2 Å². The second kappa shape index (κ2) is 8.31. The molecule has 0 saturated heterocycles. The van der Waals surface area contributed by atoms with Crippen LogP contribution in [0.25, 0.3) is 22.2 Å². The van der Waals surface area contributed by atoms with Gasteiger partial charge in [-0.1, -0.05) is 30.3 Å². The van der Waals surface area contributed by atoms with Crippen molar-refractivity contribution in [1.29, 1.82) is 0 Å². The van der Waals surface area contributed by atoms with E-state index in [0.717, 1.165) is 11.0 Å². The molecule has 0 amide bonds. The number of fused-ring (bicyclic) bond motifs is 2. The number of para-hydroxylation sites is 4. The van der Waals surface area contributed by atoms with Gasteiger partial charge in [0.15, 0.2) is 11.2 Å². The summed E-state index contributed by atoms with van der Waals surface area (Å²) in [5.74, 6) is 0. The van der Waals surface area contributed by atoms with Crippen molar-refractivity contribution in [3.8, 4) is 0 Å². The third kappa shape index (κ3) is 4.04. The number of nitrogens with one attached hydrogen (secondary N) is 2. The van der Waals surface area contributed by atoms with Crippen LogP contribution in [0, 0.1) is 0 Å². The number of rotatable bonds is 6. The number of pyridine rings is 1. The van der Waals surface area contributed by atoms with Crippen molar-refractivity contribution in [2.45, 2.75) is 13.8 Å². The van der Waals surface area contributed by atoms with Gasteiger partial charge in [0, 0.05) is 0 Å². The first-order valence-corrected chi connectivity index (χ1v) is 9.95. The van der Waals surface area contributed by atoms with E-state index in [1.165, 1.54) is 0 Å². The van der Waals surface area contributed by atoms with E-state index in [4.69, 9.17) is 8.83 Å². The first-order chi connectivity index (χ1) is 15.7. The zero-order chi connectivity index (χ0) is 21.9. The third-order valence-corrected chi connectivity index (χ3v) is 4.72. The summed E-state index contributed by atoms with van der Waals surface area (Å²) in [7, 11) is 0. The Kier molecular flexibility index (Phi) is 5.04. The Labute approximate surface area is 182 Å². The Morgan fingerprint density at radius 1 is 0.625 bits per heavy atom. The summed E-state index contributed by atoms with van der Waals surface area (Å²) in [6, 6.07) is 21.3. The zero-order valence-corrected chi connectivity index (χ0v) is 17.4. The number of oxazole rings is 2. The van der Waals surface area contributed by atoms with E-state index in [0.29, 0.717) is 46.0 Å². The molecule has 0 radical (unpaired) electrons. The van der Waals surface area contributed by atoms with Crippen molar-refractivity contribution in [3.05, 3.63) is 78.1 Å². The lowest BCUT2D eigenvalue weighted by molar-refractivity contribution is 0.616. The molecule has 2 N–H and O–H groups in total. The number of benzene rings is 2. The maximum Gasteiger partial charge on any atom is 0.316 e. The van der Waals surface area contributed by atoms with Crippen LogP contribution < -0.4 is 10.9 Å². The van der Waals surface area contributed by atoms with Gasteiger partial charge in [-0.25, -0.2) is 15.8 Å². The molecule has 3 heterocycles. The minimum Gasteiger partial charge on any atom is -0.422 e. The van der Waals surface area contributed by atoms with Crippen molar-refractivity contribution in [1.82, 2.24) is 15.0 Å². The van der Waals surface area contributed by atoms with Gasteiger partial charge in [0.25, 0.3) is 0 Å². The van der Waals surface area contributed by atoms with Crippen molar-refractivity contribution >= 4 is 45.7 Å². The second-order valence-corrected chi connectivity index (χ2v) is 7.00. The summed E-state index contributed by atoms with van der Waals surface area (Å²) in [5.41, 5.74) is 11.4. The van der Waals surface area contributed by atoms with Gasteiger partial charge in [0.1, 0.15) is 11.0 Å². The summed E-state index contributed by atoms with van der Waals surface area (Å²) in [5, 5.41) is 8.69. The number of hydrazone groups is 2. The molecule has 2 aromatic carbocycles. The molecule has 32 heavy (non-hydrogen) atoms. The molecule has 0 saturated carbocycles. The molecule has 9 heteroatoms. The van der Waals surface area contributed by atoms with E-state index in [2.05, 4.69) is 36.0 Å². The van der Waals surface area contributed by atoms with Crippen molar-refractivity contribution < 1.29 is 8.83 Å². The second-order valence-electron chi connectivity index (χ2n) is 7.00. The van der Waals surface area contributed by atoms with Crippen LogP contribution in [0.1, 0.15) is 25.2 Å². The minimum atomic E-state index is 0.321. The van der Waals surface area contributed by atoms with E-state index >= 15 is 0 Å². The standard InChI is InChI=1S/C23H19N7O2/c1-14(27-29-22-25-18-8-3-5-12-20(18)31-22)16-10-7-11-17(24-16)15(2)28-30-23-26-19-9-4-6-13-21(19)32-23/h3-13H,1-2H3,(H,25,29)(H,26,30)/b27-14+,28-15+. The number of anilines is 2. The molecule has 0 aliphatic heterocycles. The molecule has 0 atom stereocenters. The van der Waals surface area contributed by atoms with Crippen LogP contribution in [0.4, 0.5) is 12.0 Å². The van der Waals surface area contributed by atoms with Crippen molar-refractivity contribution in [3.63, 3.8) is 0 Å². The van der Waals surface area contributed by atoms with Gasteiger partial charge in [0.05, 0.1) is 22.8 Å². The summed E-state index contributed by atoms with van der Waals surface area (Å²) in [6.07, 6.45) is 0. The summed E-state index contributed by atoms with van der Waals surface area (Å²) in [6.45, 7) is 3.70. The average molecular weight is 425 g/mol. The molecular formula is C23H19N7O2. The molecule has 158 valence electrons. The van der Waals surface area contributed by atoms with Gasteiger partial charge in [-0.15, -0.1) is 0 Å².